The van der Waals surface area contributed by atoms with Crippen molar-refractivity contribution in [2.45, 2.75) is 6.92 Å². The average molecular weight is 296 g/mol. The number of hydrogen-bond acceptors (Lipinski definition) is 4. The molecule has 1 aromatic heterocycles. The first-order valence-electron chi connectivity index (χ1n) is 7.05. The number of carbonyl (C=O) groups is 1. The van der Waals surface area contributed by atoms with Crippen LogP contribution in [0.2, 0.25) is 0 Å². The lowest BCUT2D eigenvalue weighted by Gasteiger charge is -2.10. The van der Waals surface area contributed by atoms with Crippen LogP contribution in [0.3, 0.4) is 0 Å². The molecule has 0 aliphatic heterocycles. The normalized spacial score (nSPS) is 10.6. The molecule has 0 N–H and O–H groups in total. The molecule has 4 nitrogen and oxygen atoms in total. The lowest BCUT2D eigenvalue weighted by molar-refractivity contribution is 0.103. The maximum atomic E-state index is 12.6. The van der Waals surface area contributed by atoms with Crippen molar-refractivity contribution in [3.05, 3.63) is 59.9 Å². The number of benzene rings is 2. The van der Waals surface area contributed by atoms with Crippen molar-refractivity contribution in [2.75, 3.05) is 13.7 Å². The molecule has 0 unspecified atom stereocenters. The molecule has 0 spiro atoms. The molecule has 0 radical (unpaired) electrons. The largest absolute Gasteiger partial charge is 0.493 e. The van der Waals surface area contributed by atoms with Gasteiger partial charge < -0.3 is 13.9 Å². The van der Waals surface area contributed by atoms with Crippen molar-refractivity contribution in [1.29, 1.82) is 0 Å². The molecule has 0 bridgehead atoms. The maximum Gasteiger partial charge on any atom is 0.193 e. The molecule has 0 aliphatic rings. The molecule has 3 rings (SSSR count). The summed E-state index contributed by atoms with van der Waals surface area (Å²) in [5.41, 5.74) is 1.94. The molecule has 0 amide bonds. The van der Waals surface area contributed by atoms with E-state index < -0.39 is 0 Å². The highest BCUT2D eigenvalue weighted by atomic mass is 16.5. The second kappa shape index (κ2) is 5.93. The number of ether oxygens (including phenoxy) is 2. The van der Waals surface area contributed by atoms with Crippen LogP contribution in [0.1, 0.15) is 22.8 Å². The minimum absolute atomic E-state index is 0.0632. The number of furan rings is 1. The van der Waals surface area contributed by atoms with E-state index in [9.17, 15) is 4.79 Å². The summed E-state index contributed by atoms with van der Waals surface area (Å²) in [6, 6.07) is 12.4. The fourth-order valence-corrected chi connectivity index (χ4v) is 2.36. The van der Waals surface area contributed by atoms with E-state index in [4.69, 9.17) is 13.9 Å². The van der Waals surface area contributed by atoms with Gasteiger partial charge in [-0.15, -0.1) is 0 Å². The van der Waals surface area contributed by atoms with Crippen LogP contribution in [0.5, 0.6) is 11.5 Å². The molecular weight excluding hydrogens is 280 g/mol. The zero-order valence-corrected chi connectivity index (χ0v) is 12.5. The van der Waals surface area contributed by atoms with Gasteiger partial charge in [-0.05, 0) is 49.4 Å². The Labute approximate surface area is 128 Å². The Balaban J connectivity index is 1.98. The van der Waals surface area contributed by atoms with E-state index in [-0.39, 0.29) is 5.78 Å². The average Bonchev–Trinajstić information content (AvgIpc) is 3.02. The number of methoxy groups -OCH3 is 1. The van der Waals surface area contributed by atoms with Crippen LogP contribution in [0, 0.1) is 0 Å². The second-order valence-corrected chi connectivity index (χ2v) is 4.80. The SMILES string of the molecule is CCOc1cc(C(=O)c2ccc3occc3c2)ccc1OC. The molecule has 0 saturated carbocycles. The van der Waals surface area contributed by atoms with Gasteiger partial charge in [-0.2, -0.15) is 0 Å². The molecule has 112 valence electrons. The first-order chi connectivity index (χ1) is 10.7. The monoisotopic (exact) mass is 296 g/mol. The standard InChI is InChI=1S/C18H16O4/c1-3-21-17-11-14(5-7-16(17)20-2)18(19)13-4-6-15-12(10-13)8-9-22-15/h4-11H,3H2,1-2H3. The maximum absolute atomic E-state index is 12.6. The number of hydrogen-bond donors (Lipinski definition) is 0. The van der Waals surface area contributed by atoms with Gasteiger partial charge in [0, 0.05) is 16.5 Å². The summed E-state index contributed by atoms with van der Waals surface area (Å²) in [5, 5.41) is 0.907. The Bertz CT molecular complexity index is 817. The zero-order valence-electron chi connectivity index (χ0n) is 12.5. The van der Waals surface area contributed by atoms with E-state index in [1.807, 2.05) is 19.1 Å². The molecule has 1 heterocycles. The molecule has 22 heavy (non-hydrogen) atoms. The minimum Gasteiger partial charge on any atom is -0.493 e. The Morgan fingerprint density at radius 2 is 1.82 bits per heavy atom. The number of carbonyl (C=O) groups excluding carboxylic acids is 1. The third kappa shape index (κ3) is 2.55. The van der Waals surface area contributed by atoms with Crippen molar-refractivity contribution in [2.24, 2.45) is 0 Å². The van der Waals surface area contributed by atoms with E-state index in [1.165, 1.54) is 0 Å². The van der Waals surface area contributed by atoms with Crippen LogP contribution in [-0.4, -0.2) is 19.5 Å². The van der Waals surface area contributed by atoms with E-state index in [0.29, 0.717) is 29.2 Å². The third-order valence-electron chi connectivity index (χ3n) is 3.44. The van der Waals surface area contributed by atoms with Crippen LogP contribution in [-0.2, 0) is 0 Å². The Morgan fingerprint density at radius 3 is 2.59 bits per heavy atom. The molecule has 0 aliphatic carbocycles. The Hall–Kier alpha value is -2.75. The fraction of sp³-hybridized carbons (Fsp3) is 0.167. The van der Waals surface area contributed by atoms with Crippen molar-refractivity contribution < 1.29 is 18.7 Å². The smallest absolute Gasteiger partial charge is 0.193 e. The van der Waals surface area contributed by atoms with Crippen LogP contribution < -0.4 is 9.47 Å². The molecular formula is C18H16O4. The van der Waals surface area contributed by atoms with Crippen LogP contribution in [0.25, 0.3) is 11.0 Å². The van der Waals surface area contributed by atoms with Crippen molar-refractivity contribution in [3.8, 4) is 11.5 Å². The highest BCUT2D eigenvalue weighted by Gasteiger charge is 2.14. The van der Waals surface area contributed by atoms with Crippen LogP contribution in [0.4, 0.5) is 0 Å². The van der Waals surface area contributed by atoms with Crippen LogP contribution >= 0.6 is 0 Å². The quantitative estimate of drug-likeness (QED) is 0.666. The summed E-state index contributed by atoms with van der Waals surface area (Å²) in [6.07, 6.45) is 1.61. The molecule has 0 atom stereocenters. The van der Waals surface area contributed by atoms with Gasteiger partial charge in [-0.25, -0.2) is 0 Å². The number of ketones is 1. The van der Waals surface area contributed by atoms with E-state index >= 15 is 0 Å². The predicted octanol–water partition coefficient (Wildman–Crippen LogP) is 4.07. The first kappa shape index (κ1) is 14.2. The Morgan fingerprint density at radius 1 is 1.05 bits per heavy atom. The zero-order chi connectivity index (χ0) is 15.5. The highest BCUT2D eigenvalue weighted by molar-refractivity contribution is 6.10. The topological polar surface area (TPSA) is 48.7 Å². The summed E-state index contributed by atoms with van der Waals surface area (Å²) >= 11 is 0. The Kier molecular flexibility index (Phi) is 3.83. The third-order valence-corrected chi connectivity index (χ3v) is 3.44. The number of rotatable bonds is 5. The highest BCUT2D eigenvalue weighted by Crippen LogP contribution is 2.29. The summed E-state index contributed by atoms with van der Waals surface area (Å²) in [4.78, 5) is 12.6. The second-order valence-electron chi connectivity index (χ2n) is 4.80. The van der Waals surface area contributed by atoms with Crippen molar-refractivity contribution in [3.63, 3.8) is 0 Å². The van der Waals surface area contributed by atoms with E-state index in [0.717, 1.165) is 11.0 Å². The van der Waals surface area contributed by atoms with Crippen LogP contribution in [0.15, 0.2) is 53.1 Å². The summed E-state index contributed by atoms with van der Waals surface area (Å²) < 4.78 is 16.0. The van der Waals surface area contributed by atoms with Gasteiger partial charge in [0.15, 0.2) is 17.3 Å². The summed E-state index contributed by atoms with van der Waals surface area (Å²) in [5.74, 6) is 1.12. The van der Waals surface area contributed by atoms with Gasteiger partial charge in [0.05, 0.1) is 20.0 Å². The van der Waals surface area contributed by atoms with Crippen molar-refractivity contribution in [1.82, 2.24) is 0 Å². The van der Waals surface area contributed by atoms with Gasteiger partial charge in [0.25, 0.3) is 0 Å². The molecule has 0 saturated heterocycles. The lowest BCUT2D eigenvalue weighted by Crippen LogP contribution is -2.03. The van der Waals surface area contributed by atoms with Gasteiger partial charge in [0.1, 0.15) is 5.58 Å². The van der Waals surface area contributed by atoms with Gasteiger partial charge in [-0.1, -0.05) is 0 Å². The molecule has 2 aromatic carbocycles. The van der Waals surface area contributed by atoms with Gasteiger partial charge >= 0.3 is 0 Å². The molecule has 0 fully saturated rings. The van der Waals surface area contributed by atoms with Gasteiger partial charge in [-0.3, -0.25) is 4.79 Å². The molecule has 3 aromatic rings. The predicted molar refractivity (Wildman–Crippen MR) is 83.8 cm³/mol. The fourth-order valence-electron chi connectivity index (χ4n) is 2.36. The summed E-state index contributed by atoms with van der Waals surface area (Å²) in [7, 11) is 1.58. The molecule has 4 heteroatoms. The minimum atomic E-state index is -0.0632. The van der Waals surface area contributed by atoms with Gasteiger partial charge in [0.2, 0.25) is 0 Å². The lowest BCUT2D eigenvalue weighted by atomic mass is 10.0. The van der Waals surface area contributed by atoms with E-state index in [1.54, 1.807) is 43.7 Å². The van der Waals surface area contributed by atoms with E-state index in [2.05, 4.69) is 0 Å². The summed E-state index contributed by atoms with van der Waals surface area (Å²) in [6.45, 7) is 2.40. The van der Waals surface area contributed by atoms with Crippen molar-refractivity contribution >= 4 is 16.8 Å². The number of fused-ring (bicyclic) bond motifs is 1. The first-order valence-corrected chi connectivity index (χ1v) is 7.05.